The summed E-state index contributed by atoms with van der Waals surface area (Å²) in [6, 6.07) is 0. The molecule has 0 aromatic heterocycles. The number of aliphatic carboxylic acids is 2. The van der Waals surface area contributed by atoms with Crippen LogP contribution in [0, 0.1) is 23.7 Å². The monoisotopic (exact) mass is 406 g/mol. The van der Waals surface area contributed by atoms with Gasteiger partial charge < -0.3 is 24.4 Å². The molecule has 0 spiro atoms. The molecule has 2 N–H and O–H groups in total. The Morgan fingerprint density at radius 3 is 1.82 bits per heavy atom. The van der Waals surface area contributed by atoms with Crippen molar-refractivity contribution in [1.29, 1.82) is 0 Å². The normalized spacial score (nSPS) is 22.6. The molecule has 9 heteroatoms. The molecule has 6 unspecified atom stereocenters. The van der Waals surface area contributed by atoms with Gasteiger partial charge in [0.2, 0.25) is 0 Å². The van der Waals surface area contributed by atoms with Crippen LogP contribution in [0.2, 0.25) is 0 Å². The Hall–Kier alpha value is -2.00. The lowest BCUT2D eigenvalue weighted by Crippen LogP contribution is -2.37. The van der Waals surface area contributed by atoms with Crippen LogP contribution in [-0.4, -0.2) is 60.5 Å². The molecule has 0 bridgehead atoms. The lowest BCUT2D eigenvalue weighted by atomic mass is 9.87. The zero-order chi connectivity index (χ0) is 21.3. The fourth-order valence-corrected chi connectivity index (χ4v) is 3.07. The van der Waals surface area contributed by atoms with E-state index in [9.17, 15) is 19.2 Å². The molecule has 1 saturated heterocycles. The highest BCUT2D eigenvalue weighted by molar-refractivity contribution is 5.96. The third-order valence-electron chi connectivity index (χ3n) is 4.81. The number of carboxylic acids is 2. The summed E-state index contributed by atoms with van der Waals surface area (Å²) in [5.41, 5.74) is 0. The molecule has 1 heterocycles. The van der Waals surface area contributed by atoms with Crippen LogP contribution in [0.5, 0.6) is 0 Å². The molecule has 164 valence electrons. The number of cyclic esters (lactones) is 2. The van der Waals surface area contributed by atoms with E-state index < -0.39 is 47.7 Å². The largest absolute Gasteiger partial charge is 0.481 e. The van der Waals surface area contributed by atoms with E-state index in [1.807, 2.05) is 6.92 Å². The van der Waals surface area contributed by atoms with Crippen molar-refractivity contribution in [2.75, 3.05) is 14.2 Å². The number of carbonyl (C=O) groups excluding carboxylic acids is 2. The molecule has 0 saturated carbocycles. The lowest BCUT2D eigenvalue weighted by molar-refractivity contribution is -0.159. The van der Waals surface area contributed by atoms with Crippen molar-refractivity contribution >= 4 is 23.9 Å². The first kappa shape index (κ1) is 28.2. The molecule has 28 heavy (non-hydrogen) atoms. The molecule has 1 aliphatic heterocycles. The number of hydrogen-bond acceptors (Lipinski definition) is 7. The first-order valence-corrected chi connectivity index (χ1v) is 8.83. The predicted octanol–water partition coefficient (Wildman–Crippen LogP) is 2.22. The summed E-state index contributed by atoms with van der Waals surface area (Å²) in [6.07, 6.45) is 0.409. The summed E-state index contributed by atoms with van der Waals surface area (Å²) in [7, 11) is 2.93. The quantitative estimate of drug-likeness (QED) is 0.436. The van der Waals surface area contributed by atoms with Crippen LogP contribution in [0.15, 0.2) is 0 Å². The summed E-state index contributed by atoms with van der Waals surface area (Å²) >= 11 is 0. The van der Waals surface area contributed by atoms with Gasteiger partial charge in [-0.25, -0.2) is 0 Å². The highest BCUT2D eigenvalue weighted by atomic mass is 16.6. The topological polar surface area (TPSA) is 136 Å². The summed E-state index contributed by atoms with van der Waals surface area (Å²) in [5, 5.41) is 17.6. The van der Waals surface area contributed by atoms with Crippen molar-refractivity contribution in [2.45, 2.75) is 60.2 Å². The van der Waals surface area contributed by atoms with Crippen molar-refractivity contribution in [3.63, 3.8) is 0 Å². The van der Waals surface area contributed by atoms with Crippen molar-refractivity contribution in [1.82, 2.24) is 0 Å². The molecule has 9 nitrogen and oxygen atoms in total. The van der Waals surface area contributed by atoms with Gasteiger partial charge in [0.1, 0.15) is 0 Å². The van der Waals surface area contributed by atoms with Crippen LogP contribution < -0.4 is 0 Å². The maximum absolute atomic E-state index is 11.2. The Morgan fingerprint density at radius 2 is 1.57 bits per heavy atom. The average molecular weight is 406 g/mol. The molecule has 0 aromatic carbocycles. The molecule has 1 aliphatic rings. The zero-order valence-corrected chi connectivity index (χ0v) is 16.6. The van der Waals surface area contributed by atoms with Gasteiger partial charge in [-0.1, -0.05) is 35.1 Å². The van der Waals surface area contributed by atoms with Crippen LogP contribution in [-0.2, 0) is 33.4 Å². The molecule has 1 rings (SSSR count). The number of ether oxygens (including phenoxy) is 3. The van der Waals surface area contributed by atoms with E-state index in [1.54, 1.807) is 13.8 Å². The third-order valence-corrected chi connectivity index (χ3v) is 4.81. The number of carboxylic acid groups (broad SMARTS) is 2. The molecular weight excluding hydrogens is 372 g/mol. The molecule has 0 aliphatic carbocycles. The highest BCUT2D eigenvalue weighted by Crippen LogP contribution is 2.28. The first-order valence-electron chi connectivity index (χ1n) is 8.83. The van der Waals surface area contributed by atoms with Gasteiger partial charge in [-0.2, -0.15) is 0 Å². The van der Waals surface area contributed by atoms with Gasteiger partial charge in [-0.15, -0.1) is 0 Å². The fourth-order valence-electron chi connectivity index (χ4n) is 3.07. The van der Waals surface area contributed by atoms with Crippen LogP contribution in [0.1, 0.15) is 48.0 Å². The summed E-state index contributed by atoms with van der Waals surface area (Å²) in [6.45, 7) is 6.75. The molecule has 0 aromatic rings. The number of carbonyl (C=O) groups is 4. The Kier molecular flexibility index (Phi) is 13.3. The summed E-state index contributed by atoms with van der Waals surface area (Å²) in [4.78, 5) is 43.8. The number of rotatable bonds is 9. The second kappa shape index (κ2) is 13.2. The Morgan fingerprint density at radius 1 is 1.04 bits per heavy atom. The van der Waals surface area contributed by atoms with E-state index in [1.165, 1.54) is 21.1 Å². The maximum Gasteiger partial charge on any atom is 0.320 e. The molecule has 6 atom stereocenters. The van der Waals surface area contributed by atoms with E-state index in [0.717, 1.165) is 0 Å². The Bertz CT molecular complexity index is 523. The van der Waals surface area contributed by atoms with Gasteiger partial charge >= 0.3 is 23.9 Å². The minimum absolute atomic E-state index is 0. The molecule has 0 radical (unpaired) electrons. The van der Waals surface area contributed by atoms with Crippen LogP contribution in [0.3, 0.4) is 0 Å². The van der Waals surface area contributed by atoms with E-state index in [4.69, 9.17) is 19.7 Å². The van der Waals surface area contributed by atoms with Gasteiger partial charge in [0.15, 0.2) is 0 Å². The van der Waals surface area contributed by atoms with Gasteiger partial charge in [0.25, 0.3) is 0 Å². The summed E-state index contributed by atoms with van der Waals surface area (Å²) in [5.74, 6) is -5.89. The highest BCUT2D eigenvalue weighted by Gasteiger charge is 2.45. The van der Waals surface area contributed by atoms with E-state index >= 15 is 0 Å². The van der Waals surface area contributed by atoms with Gasteiger partial charge in [-0.05, 0) is 12.8 Å². The fraction of sp³-hybridized carbons (Fsp3) is 0.789. The lowest BCUT2D eigenvalue weighted by Gasteiger charge is -2.24. The SMILES string of the molecule is C.CCC(OC)C(C(=O)O)C(C)C(=O)O.CCC(OC)C1C(=O)OC(=O)C1C. The second-order valence-corrected chi connectivity index (χ2v) is 6.41. The first-order chi connectivity index (χ1) is 12.6. The third kappa shape index (κ3) is 7.20. The van der Waals surface area contributed by atoms with Crippen molar-refractivity contribution in [3.8, 4) is 0 Å². The van der Waals surface area contributed by atoms with E-state index in [-0.39, 0.29) is 19.4 Å². The summed E-state index contributed by atoms with van der Waals surface area (Å²) < 4.78 is 14.6. The number of methoxy groups -OCH3 is 2. The standard InChI is InChI=1S/C9H16O5.C9H14O4.CH4/c1-4-6(14-3)7(9(12)13)5(2)8(10)11;1-4-6(12-3)7-5(2)8(10)13-9(7)11;/h5-7H,4H2,1-3H3,(H,10,11)(H,12,13);5-7H,4H2,1-3H3;1H4. The Balaban J connectivity index is 0. The van der Waals surface area contributed by atoms with Crippen LogP contribution in [0.25, 0.3) is 0 Å². The molecular formula is C19H34O9. The van der Waals surface area contributed by atoms with Crippen molar-refractivity contribution in [2.24, 2.45) is 23.7 Å². The Labute approximate surface area is 166 Å². The van der Waals surface area contributed by atoms with Gasteiger partial charge in [-0.3, -0.25) is 19.2 Å². The second-order valence-electron chi connectivity index (χ2n) is 6.41. The minimum Gasteiger partial charge on any atom is -0.481 e. The van der Waals surface area contributed by atoms with Crippen LogP contribution in [0.4, 0.5) is 0 Å². The van der Waals surface area contributed by atoms with E-state index in [2.05, 4.69) is 4.74 Å². The van der Waals surface area contributed by atoms with Crippen LogP contribution >= 0.6 is 0 Å². The van der Waals surface area contributed by atoms with Crippen molar-refractivity contribution < 1.29 is 43.6 Å². The smallest absolute Gasteiger partial charge is 0.320 e. The molecule has 0 amide bonds. The van der Waals surface area contributed by atoms with Gasteiger partial charge in [0.05, 0.1) is 35.9 Å². The average Bonchev–Trinajstić information content (AvgIpc) is 2.86. The predicted molar refractivity (Wildman–Crippen MR) is 101 cm³/mol. The zero-order valence-electron chi connectivity index (χ0n) is 16.6. The van der Waals surface area contributed by atoms with Crippen molar-refractivity contribution in [3.05, 3.63) is 0 Å². The van der Waals surface area contributed by atoms with Gasteiger partial charge in [0, 0.05) is 14.2 Å². The maximum atomic E-state index is 11.2. The minimum atomic E-state index is -1.13. The number of esters is 2. The number of hydrogen-bond donors (Lipinski definition) is 2. The molecule has 1 fully saturated rings. The van der Waals surface area contributed by atoms with E-state index in [0.29, 0.717) is 12.8 Å².